The third-order valence-electron chi connectivity index (χ3n) is 2.17. The van der Waals surface area contributed by atoms with Crippen LogP contribution < -0.4 is 5.73 Å². The molecule has 2 rings (SSSR count). The van der Waals surface area contributed by atoms with Crippen molar-refractivity contribution in [2.75, 3.05) is 5.73 Å². The molecule has 0 aliphatic carbocycles. The first kappa shape index (κ1) is 10.2. The maximum absolute atomic E-state index is 5.86. The largest absolute Gasteiger partial charge is 0.369 e. The topological polar surface area (TPSA) is 56.7 Å². The van der Waals surface area contributed by atoms with E-state index in [4.69, 9.17) is 17.3 Å². The Kier molecular flexibility index (Phi) is 2.12. The van der Waals surface area contributed by atoms with E-state index in [2.05, 4.69) is 9.97 Å². The van der Waals surface area contributed by atoms with Gasteiger partial charge in [-0.05, 0) is 32.9 Å². The third kappa shape index (κ3) is 1.65. The summed E-state index contributed by atoms with van der Waals surface area (Å²) in [6.45, 7) is 6.15. The maximum atomic E-state index is 5.86. The Balaban J connectivity index is 2.82. The highest BCUT2D eigenvalue weighted by Gasteiger charge is 2.20. The summed E-state index contributed by atoms with van der Waals surface area (Å²) in [5.41, 5.74) is 7.20. The van der Waals surface area contributed by atoms with Crippen LogP contribution in [0.25, 0.3) is 11.2 Å². The molecule has 0 radical (unpaired) electrons. The van der Waals surface area contributed by atoms with Crippen LogP contribution in [0.1, 0.15) is 20.8 Å². The molecular formula is C10H13ClN4. The number of hydrogen-bond acceptors (Lipinski definition) is 3. The van der Waals surface area contributed by atoms with E-state index in [-0.39, 0.29) is 5.54 Å². The van der Waals surface area contributed by atoms with Crippen LogP contribution in [0.4, 0.5) is 5.95 Å². The Bertz CT molecular complexity index is 510. The first-order valence-corrected chi connectivity index (χ1v) is 5.08. The lowest BCUT2D eigenvalue weighted by Crippen LogP contribution is -2.23. The predicted octanol–water partition coefficient (Wildman–Crippen LogP) is 2.42. The number of halogens is 1. The molecule has 0 saturated carbocycles. The van der Waals surface area contributed by atoms with Crippen LogP contribution in [0.3, 0.4) is 0 Å². The lowest BCUT2D eigenvalue weighted by atomic mass is 10.1. The Labute approximate surface area is 93.1 Å². The van der Waals surface area contributed by atoms with Crippen molar-refractivity contribution in [2.24, 2.45) is 0 Å². The fraction of sp³-hybridized carbons (Fsp3) is 0.400. The number of nitrogen functional groups attached to an aromatic ring is 1. The summed E-state index contributed by atoms with van der Waals surface area (Å²) in [5, 5.41) is 0.452. The molecule has 5 heteroatoms. The molecule has 2 heterocycles. The van der Waals surface area contributed by atoms with Gasteiger partial charge in [0.25, 0.3) is 0 Å². The van der Waals surface area contributed by atoms with E-state index in [1.807, 2.05) is 31.4 Å². The summed E-state index contributed by atoms with van der Waals surface area (Å²) in [6.07, 6.45) is 0. The highest BCUT2D eigenvalue weighted by molar-refractivity contribution is 6.29. The van der Waals surface area contributed by atoms with Crippen molar-refractivity contribution in [3.63, 3.8) is 0 Å². The van der Waals surface area contributed by atoms with Crippen molar-refractivity contribution < 1.29 is 0 Å². The minimum absolute atomic E-state index is 0.156. The zero-order valence-electron chi connectivity index (χ0n) is 8.95. The number of rotatable bonds is 0. The van der Waals surface area contributed by atoms with E-state index in [1.54, 1.807) is 6.07 Å². The fourth-order valence-corrected chi connectivity index (χ4v) is 1.76. The molecule has 0 saturated heterocycles. The first-order chi connectivity index (χ1) is 6.89. The highest BCUT2D eigenvalue weighted by atomic mass is 35.5. The van der Waals surface area contributed by atoms with Crippen molar-refractivity contribution in [1.29, 1.82) is 0 Å². The van der Waals surface area contributed by atoms with E-state index < -0.39 is 0 Å². The number of pyridine rings is 1. The molecule has 2 N–H and O–H groups in total. The van der Waals surface area contributed by atoms with Gasteiger partial charge in [-0.1, -0.05) is 11.6 Å². The number of imidazole rings is 1. The van der Waals surface area contributed by atoms with Crippen molar-refractivity contribution in [2.45, 2.75) is 26.3 Å². The second-order valence-electron chi connectivity index (χ2n) is 4.45. The van der Waals surface area contributed by atoms with Gasteiger partial charge in [0.05, 0.1) is 0 Å². The second kappa shape index (κ2) is 3.10. The smallest absolute Gasteiger partial charge is 0.202 e. The van der Waals surface area contributed by atoms with Crippen LogP contribution in [0, 0.1) is 0 Å². The minimum atomic E-state index is -0.156. The number of nitrogens with zero attached hydrogens (tertiary/aromatic N) is 3. The Morgan fingerprint density at radius 1 is 1.27 bits per heavy atom. The number of nitrogens with two attached hydrogens (primary N) is 1. The van der Waals surface area contributed by atoms with Crippen molar-refractivity contribution >= 4 is 28.7 Å². The summed E-state index contributed by atoms with van der Waals surface area (Å²) in [4.78, 5) is 8.49. The zero-order chi connectivity index (χ0) is 11.2. The predicted molar refractivity (Wildman–Crippen MR) is 61.9 cm³/mol. The first-order valence-electron chi connectivity index (χ1n) is 4.70. The van der Waals surface area contributed by atoms with E-state index >= 15 is 0 Å². The fourth-order valence-electron chi connectivity index (χ4n) is 1.61. The van der Waals surface area contributed by atoms with Gasteiger partial charge in [-0.3, -0.25) is 4.57 Å². The second-order valence-corrected chi connectivity index (χ2v) is 4.84. The summed E-state index contributed by atoms with van der Waals surface area (Å²) >= 11 is 5.86. The van der Waals surface area contributed by atoms with Crippen LogP contribution in [0.2, 0.25) is 5.15 Å². The molecule has 0 aliphatic rings. The summed E-state index contributed by atoms with van der Waals surface area (Å²) in [5.74, 6) is 0.465. The van der Waals surface area contributed by atoms with E-state index in [1.165, 1.54) is 0 Å². The van der Waals surface area contributed by atoms with Gasteiger partial charge in [-0.2, -0.15) is 0 Å². The SMILES string of the molecule is CC(C)(C)n1c(N)nc2ccc(Cl)nc21. The standard InChI is InChI=1S/C10H13ClN4/c1-10(2,3)15-8-6(13-9(15)12)4-5-7(11)14-8/h4-5H,1-3H3,(H2,12,13). The highest BCUT2D eigenvalue weighted by Crippen LogP contribution is 2.25. The molecule has 2 aromatic rings. The van der Waals surface area contributed by atoms with Gasteiger partial charge >= 0.3 is 0 Å². The lowest BCUT2D eigenvalue weighted by molar-refractivity contribution is 0.412. The average Bonchev–Trinajstić information content (AvgIpc) is 2.38. The maximum Gasteiger partial charge on any atom is 0.202 e. The third-order valence-corrected chi connectivity index (χ3v) is 2.38. The number of aromatic nitrogens is 3. The Morgan fingerprint density at radius 3 is 2.53 bits per heavy atom. The Hall–Kier alpha value is -1.29. The molecule has 0 aliphatic heterocycles. The molecule has 4 nitrogen and oxygen atoms in total. The molecule has 2 aromatic heterocycles. The number of fused-ring (bicyclic) bond motifs is 1. The number of hydrogen-bond donors (Lipinski definition) is 1. The Morgan fingerprint density at radius 2 is 1.93 bits per heavy atom. The molecular weight excluding hydrogens is 212 g/mol. The van der Waals surface area contributed by atoms with Gasteiger partial charge in [0.1, 0.15) is 10.7 Å². The van der Waals surface area contributed by atoms with Gasteiger partial charge < -0.3 is 5.73 Å². The molecule has 0 spiro atoms. The van der Waals surface area contributed by atoms with Crippen LogP contribution in [-0.4, -0.2) is 14.5 Å². The van der Waals surface area contributed by atoms with E-state index in [9.17, 15) is 0 Å². The van der Waals surface area contributed by atoms with Crippen molar-refractivity contribution in [3.8, 4) is 0 Å². The van der Waals surface area contributed by atoms with Crippen LogP contribution in [0.15, 0.2) is 12.1 Å². The average molecular weight is 225 g/mol. The molecule has 15 heavy (non-hydrogen) atoms. The van der Waals surface area contributed by atoms with Crippen LogP contribution in [-0.2, 0) is 5.54 Å². The van der Waals surface area contributed by atoms with Crippen LogP contribution in [0.5, 0.6) is 0 Å². The monoisotopic (exact) mass is 224 g/mol. The zero-order valence-corrected chi connectivity index (χ0v) is 9.71. The van der Waals surface area contributed by atoms with Gasteiger partial charge in [0.15, 0.2) is 5.65 Å². The summed E-state index contributed by atoms with van der Waals surface area (Å²) in [6, 6.07) is 3.53. The number of anilines is 1. The molecule has 0 atom stereocenters. The van der Waals surface area contributed by atoms with Gasteiger partial charge in [0, 0.05) is 5.54 Å². The molecule has 0 unspecified atom stereocenters. The summed E-state index contributed by atoms with van der Waals surface area (Å²) in [7, 11) is 0. The molecule has 80 valence electrons. The molecule has 0 amide bonds. The van der Waals surface area contributed by atoms with Gasteiger partial charge in [-0.15, -0.1) is 0 Å². The van der Waals surface area contributed by atoms with Crippen LogP contribution >= 0.6 is 11.6 Å². The van der Waals surface area contributed by atoms with Crippen molar-refractivity contribution in [1.82, 2.24) is 14.5 Å². The summed E-state index contributed by atoms with van der Waals surface area (Å²) < 4.78 is 1.88. The van der Waals surface area contributed by atoms with E-state index in [0.29, 0.717) is 11.1 Å². The van der Waals surface area contributed by atoms with Crippen molar-refractivity contribution in [3.05, 3.63) is 17.3 Å². The van der Waals surface area contributed by atoms with Gasteiger partial charge in [-0.25, -0.2) is 9.97 Å². The van der Waals surface area contributed by atoms with Gasteiger partial charge in [0.2, 0.25) is 5.95 Å². The minimum Gasteiger partial charge on any atom is -0.369 e. The normalized spacial score (nSPS) is 12.3. The molecule has 0 aromatic carbocycles. The quantitative estimate of drug-likeness (QED) is 0.700. The molecule has 0 fully saturated rings. The molecule has 0 bridgehead atoms. The lowest BCUT2D eigenvalue weighted by Gasteiger charge is -2.22. The van der Waals surface area contributed by atoms with E-state index in [0.717, 1.165) is 11.2 Å².